The lowest BCUT2D eigenvalue weighted by atomic mass is 10.1. The van der Waals surface area contributed by atoms with Crippen LogP contribution in [0.25, 0.3) is 5.69 Å². The van der Waals surface area contributed by atoms with Crippen molar-refractivity contribution in [3.05, 3.63) is 48.0 Å². The van der Waals surface area contributed by atoms with E-state index in [2.05, 4.69) is 10.3 Å². The molecule has 1 N–H and O–H groups in total. The Morgan fingerprint density at radius 2 is 2.15 bits per heavy atom. The highest BCUT2D eigenvalue weighted by Crippen LogP contribution is 2.31. The Balaban J connectivity index is 1.99. The summed E-state index contributed by atoms with van der Waals surface area (Å²) in [6.45, 7) is 0.929. The molecule has 2 heterocycles. The number of halogens is 3. The number of hydrogen-bond donors (Lipinski definition) is 1. The predicted molar refractivity (Wildman–Crippen MR) is 68.5 cm³/mol. The van der Waals surface area contributed by atoms with E-state index in [1.807, 2.05) is 0 Å². The van der Waals surface area contributed by atoms with Gasteiger partial charge in [0.25, 0.3) is 0 Å². The monoisotopic (exact) mass is 281 g/mol. The third kappa shape index (κ3) is 2.43. The van der Waals surface area contributed by atoms with Crippen LogP contribution in [0, 0.1) is 0 Å². The van der Waals surface area contributed by atoms with Gasteiger partial charge in [0.1, 0.15) is 0 Å². The van der Waals surface area contributed by atoms with E-state index in [9.17, 15) is 13.2 Å². The zero-order valence-corrected chi connectivity index (χ0v) is 10.7. The van der Waals surface area contributed by atoms with Gasteiger partial charge in [-0.2, -0.15) is 13.2 Å². The van der Waals surface area contributed by atoms with Crippen LogP contribution in [0.2, 0.25) is 0 Å². The van der Waals surface area contributed by atoms with Gasteiger partial charge in [-0.05, 0) is 37.6 Å². The molecule has 3 rings (SSSR count). The van der Waals surface area contributed by atoms with Crippen LogP contribution in [-0.4, -0.2) is 16.1 Å². The minimum absolute atomic E-state index is 0.159. The molecule has 0 spiro atoms. The normalized spacial score (nSPS) is 19.4. The molecular weight excluding hydrogens is 267 g/mol. The van der Waals surface area contributed by atoms with Crippen LogP contribution in [-0.2, 0) is 6.18 Å². The number of alkyl halides is 3. The molecule has 2 aromatic rings. The van der Waals surface area contributed by atoms with Crippen molar-refractivity contribution in [2.45, 2.75) is 25.1 Å². The van der Waals surface area contributed by atoms with E-state index < -0.39 is 11.7 Å². The minimum atomic E-state index is -4.33. The summed E-state index contributed by atoms with van der Waals surface area (Å²) in [5, 5.41) is 3.33. The van der Waals surface area contributed by atoms with Gasteiger partial charge >= 0.3 is 6.18 Å². The Morgan fingerprint density at radius 1 is 1.30 bits per heavy atom. The topological polar surface area (TPSA) is 29.9 Å². The van der Waals surface area contributed by atoms with E-state index in [0.29, 0.717) is 5.69 Å². The standard InChI is InChI=1S/C14H14F3N3/c15-14(16,17)10-3-1-4-11(7-10)20-9-18-8-13(20)12-5-2-6-19-12/h1,3-4,7-9,12,19H,2,5-6H2/t12-/m0/s1. The van der Waals surface area contributed by atoms with Crippen molar-refractivity contribution < 1.29 is 13.2 Å². The third-order valence-electron chi connectivity index (χ3n) is 3.54. The fraction of sp³-hybridized carbons (Fsp3) is 0.357. The number of nitrogens with zero attached hydrogens (tertiary/aromatic N) is 2. The van der Waals surface area contributed by atoms with Gasteiger partial charge in [0.2, 0.25) is 0 Å². The maximum absolute atomic E-state index is 12.8. The van der Waals surface area contributed by atoms with Gasteiger partial charge in [0.05, 0.1) is 23.8 Å². The van der Waals surface area contributed by atoms with Gasteiger partial charge in [0.15, 0.2) is 0 Å². The molecule has 1 atom stereocenters. The van der Waals surface area contributed by atoms with Crippen LogP contribution in [0.4, 0.5) is 13.2 Å². The van der Waals surface area contributed by atoms with E-state index in [0.717, 1.165) is 37.2 Å². The molecule has 1 fully saturated rings. The molecule has 1 aromatic carbocycles. The lowest BCUT2D eigenvalue weighted by molar-refractivity contribution is -0.137. The molecule has 0 bridgehead atoms. The van der Waals surface area contributed by atoms with Crippen LogP contribution in [0.5, 0.6) is 0 Å². The third-order valence-corrected chi connectivity index (χ3v) is 3.54. The first-order valence-corrected chi connectivity index (χ1v) is 6.49. The van der Waals surface area contributed by atoms with Gasteiger partial charge in [-0.25, -0.2) is 4.98 Å². The summed E-state index contributed by atoms with van der Waals surface area (Å²) in [6.07, 6.45) is 0.986. The largest absolute Gasteiger partial charge is 0.416 e. The van der Waals surface area contributed by atoms with Gasteiger partial charge < -0.3 is 9.88 Å². The van der Waals surface area contributed by atoms with E-state index >= 15 is 0 Å². The molecule has 0 saturated carbocycles. The summed E-state index contributed by atoms with van der Waals surface area (Å²) in [4.78, 5) is 4.08. The van der Waals surface area contributed by atoms with Crippen molar-refractivity contribution in [2.75, 3.05) is 6.54 Å². The Labute approximate surface area is 114 Å². The quantitative estimate of drug-likeness (QED) is 0.915. The number of imidazole rings is 1. The van der Waals surface area contributed by atoms with Crippen molar-refractivity contribution in [3.8, 4) is 5.69 Å². The second-order valence-corrected chi connectivity index (χ2v) is 4.89. The second kappa shape index (κ2) is 4.94. The van der Waals surface area contributed by atoms with Crippen LogP contribution in [0.3, 0.4) is 0 Å². The first-order valence-electron chi connectivity index (χ1n) is 6.49. The SMILES string of the molecule is FC(F)(F)c1cccc(-n2cncc2[C@@H]2CCCN2)c1. The summed E-state index contributed by atoms with van der Waals surface area (Å²) < 4.78 is 40.0. The van der Waals surface area contributed by atoms with Crippen molar-refractivity contribution >= 4 is 0 Å². The molecule has 106 valence electrons. The average molecular weight is 281 g/mol. The molecule has 3 nitrogen and oxygen atoms in total. The first-order chi connectivity index (χ1) is 9.55. The molecule has 1 aliphatic rings. The van der Waals surface area contributed by atoms with Crippen molar-refractivity contribution in [2.24, 2.45) is 0 Å². The molecule has 1 saturated heterocycles. The van der Waals surface area contributed by atoms with E-state index in [1.54, 1.807) is 23.2 Å². The summed E-state index contributed by atoms with van der Waals surface area (Å²) in [6, 6.07) is 5.47. The zero-order chi connectivity index (χ0) is 14.2. The smallest absolute Gasteiger partial charge is 0.309 e. The van der Waals surface area contributed by atoms with Crippen molar-refractivity contribution in [1.82, 2.24) is 14.9 Å². The molecular formula is C14H14F3N3. The molecule has 6 heteroatoms. The van der Waals surface area contributed by atoms with E-state index in [4.69, 9.17) is 0 Å². The van der Waals surface area contributed by atoms with Crippen molar-refractivity contribution in [1.29, 1.82) is 0 Å². The Bertz CT molecular complexity index is 598. The number of rotatable bonds is 2. The summed E-state index contributed by atoms with van der Waals surface area (Å²) >= 11 is 0. The maximum Gasteiger partial charge on any atom is 0.416 e. The van der Waals surface area contributed by atoms with Gasteiger partial charge in [0, 0.05) is 11.7 Å². The van der Waals surface area contributed by atoms with E-state index in [1.165, 1.54) is 6.07 Å². The Kier molecular flexibility index (Phi) is 3.25. The van der Waals surface area contributed by atoms with Gasteiger partial charge in [-0.1, -0.05) is 6.07 Å². The molecule has 0 amide bonds. The number of aromatic nitrogens is 2. The minimum Gasteiger partial charge on any atom is -0.309 e. The molecule has 20 heavy (non-hydrogen) atoms. The number of benzene rings is 1. The highest BCUT2D eigenvalue weighted by atomic mass is 19.4. The summed E-state index contributed by atoms with van der Waals surface area (Å²) in [5.41, 5.74) is 0.747. The Hall–Kier alpha value is -1.82. The van der Waals surface area contributed by atoms with Crippen molar-refractivity contribution in [3.63, 3.8) is 0 Å². The lowest BCUT2D eigenvalue weighted by Gasteiger charge is -2.15. The molecule has 0 aliphatic carbocycles. The molecule has 0 radical (unpaired) electrons. The van der Waals surface area contributed by atoms with Crippen LogP contribution < -0.4 is 5.32 Å². The predicted octanol–water partition coefficient (Wildman–Crippen LogP) is 3.32. The summed E-state index contributed by atoms with van der Waals surface area (Å²) in [5.74, 6) is 0. The molecule has 1 aliphatic heterocycles. The molecule has 1 aromatic heterocycles. The summed E-state index contributed by atoms with van der Waals surface area (Å²) in [7, 11) is 0. The first kappa shape index (κ1) is 13.2. The maximum atomic E-state index is 12.8. The Morgan fingerprint density at radius 3 is 2.85 bits per heavy atom. The number of nitrogens with one attached hydrogen (secondary N) is 1. The average Bonchev–Trinajstić information content (AvgIpc) is 3.08. The fourth-order valence-corrected chi connectivity index (χ4v) is 2.55. The van der Waals surface area contributed by atoms with Gasteiger partial charge in [-0.3, -0.25) is 0 Å². The van der Waals surface area contributed by atoms with E-state index in [-0.39, 0.29) is 6.04 Å². The lowest BCUT2D eigenvalue weighted by Crippen LogP contribution is -2.16. The number of hydrogen-bond acceptors (Lipinski definition) is 2. The highest BCUT2D eigenvalue weighted by molar-refractivity contribution is 5.39. The fourth-order valence-electron chi connectivity index (χ4n) is 2.55. The van der Waals surface area contributed by atoms with Gasteiger partial charge in [-0.15, -0.1) is 0 Å². The zero-order valence-electron chi connectivity index (χ0n) is 10.7. The molecule has 0 unspecified atom stereocenters. The highest BCUT2D eigenvalue weighted by Gasteiger charge is 2.30. The van der Waals surface area contributed by atoms with Crippen LogP contribution >= 0.6 is 0 Å². The second-order valence-electron chi connectivity index (χ2n) is 4.89. The van der Waals surface area contributed by atoms with Crippen LogP contribution in [0.1, 0.15) is 30.1 Å². The van der Waals surface area contributed by atoms with Crippen LogP contribution in [0.15, 0.2) is 36.8 Å².